The molecule has 0 bridgehead atoms. The molecular weight excluding hydrogens is 252 g/mol. The maximum atomic E-state index is 10.8. The summed E-state index contributed by atoms with van der Waals surface area (Å²) in [6.45, 7) is 0. The Labute approximate surface area is 68.1 Å². The van der Waals surface area contributed by atoms with E-state index in [4.69, 9.17) is 4.42 Å². The van der Waals surface area contributed by atoms with E-state index in [0.29, 0.717) is 8.95 Å². The Balaban J connectivity index is 3.43. The average Bonchev–Trinajstić information content (AvgIpc) is 1.83. The van der Waals surface area contributed by atoms with Gasteiger partial charge in [-0.1, -0.05) is 0 Å². The van der Waals surface area contributed by atoms with E-state index >= 15 is 0 Å². The van der Waals surface area contributed by atoms with Gasteiger partial charge < -0.3 is 4.42 Å². The monoisotopic (exact) mass is 252 g/mol. The minimum atomic E-state index is -0.0961. The first-order valence-corrected chi connectivity index (χ1v) is 3.72. The molecule has 1 aromatic heterocycles. The molecule has 1 aromatic rings. The predicted molar refractivity (Wildman–Crippen MR) is 40.4 cm³/mol. The van der Waals surface area contributed by atoms with Gasteiger partial charge >= 0.3 is 0 Å². The van der Waals surface area contributed by atoms with Gasteiger partial charge in [-0.05, 0) is 31.9 Å². The molecule has 0 aliphatic heterocycles. The lowest BCUT2D eigenvalue weighted by Gasteiger charge is -1.86. The van der Waals surface area contributed by atoms with Crippen LogP contribution in [0.4, 0.5) is 0 Å². The number of hydrogen-bond donors (Lipinski definition) is 0. The van der Waals surface area contributed by atoms with Crippen LogP contribution in [0, 0.1) is 0 Å². The maximum absolute atomic E-state index is 10.8. The van der Waals surface area contributed by atoms with Gasteiger partial charge in [-0.2, -0.15) is 0 Å². The Morgan fingerprint density at radius 3 is 2.00 bits per heavy atom. The molecule has 1 rings (SSSR count). The molecule has 0 unspecified atom stereocenters. The minimum absolute atomic E-state index is 0.0961. The van der Waals surface area contributed by atoms with Crippen molar-refractivity contribution in [1.29, 1.82) is 0 Å². The van der Waals surface area contributed by atoms with E-state index in [1.807, 2.05) is 0 Å². The highest BCUT2D eigenvalue weighted by Gasteiger charge is 1.98. The summed E-state index contributed by atoms with van der Waals surface area (Å²) in [5.41, 5.74) is -0.0961. The van der Waals surface area contributed by atoms with E-state index in [1.54, 1.807) is 0 Å². The molecule has 0 aliphatic rings. The van der Waals surface area contributed by atoms with Gasteiger partial charge in [0.2, 0.25) is 5.43 Å². The first kappa shape index (κ1) is 7.02. The van der Waals surface area contributed by atoms with E-state index in [0.717, 1.165) is 0 Å². The normalized spacial score (nSPS) is 9.56. The van der Waals surface area contributed by atoms with Gasteiger partial charge in [-0.15, -0.1) is 0 Å². The summed E-state index contributed by atoms with van der Waals surface area (Å²) in [5.74, 6) is 0. The minimum Gasteiger partial charge on any atom is -0.470 e. The van der Waals surface area contributed by atoms with Crippen molar-refractivity contribution in [2.45, 2.75) is 0 Å². The van der Waals surface area contributed by atoms with Crippen LogP contribution in [0.3, 0.4) is 0 Å². The zero-order valence-corrected chi connectivity index (χ0v) is 7.40. The van der Waals surface area contributed by atoms with Crippen molar-refractivity contribution in [2.24, 2.45) is 0 Å². The summed E-state index contributed by atoms with van der Waals surface area (Å²) in [7, 11) is 0. The molecule has 1 heterocycles. The van der Waals surface area contributed by atoms with Crippen molar-refractivity contribution in [3.63, 3.8) is 0 Å². The molecule has 0 atom stereocenters. The summed E-state index contributed by atoms with van der Waals surface area (Å²) in [6, 6.07) is 0. The highest BCUT2D eigenvalue weighted by molar-refractivity contribution is 9.11. The van der Waals surface area contributed by atoms with Crippen LogP contribution in [0.5, 0.6) is 0 Å². The van der Waals surface area contributed by atoms with E-state index < -0.39 is 0 Å². The zero-order valence-electron chi connectivity index (χ0n) is 4.23. The number of halogens is 2. The number of hydrogen-bond acceptors (Lipinski definition) is 2. The fourth-order valence-corrected chi connectivity index (χ4v) is 1.28. The van der Waals surface area contributed by atoms with Crippen LogP contribution in [-0.2, 0) is 0 Å². The van der Waals surface area contributed by atoms with Crippen molar-refractivity contribution in [2.75, 3.05) is 0 Å². The SMILES string of the molecule is O=c1c(Br)cocc1Br. The van der Waals surface area contributed by atoms with Gasteiger partial charge in [0.05, 0.1) is 0 Å². The fourth-order valence-electron chi connectivity index (χ4n) is 0.375. The van der Waals surface area contributed by atoms with Crippen LogP contribution in [-0.4, -0.2) is 0 Å². The molecule has 9 heavy (non-hydrogen) atoms. The van der Waals surface area contributed by atoms with Crippen LogP contribution in [0.15, 0.2) is 30.7 Å². The Kier molecular flexibility index (Phi) is 2.08. The molecule has 0 spiro atoms. The predicted octanol–water partition coefficient (Wildman–Crippen LogP) is 2.16. The topological polar surface area (TPSA) is 30.2 Å². The van der Waals surface area contributed by atoms with E-state index in [9.17, 15) is 4.79 Å². The summed E-state index contributed by atoms with van der Waals surface area (Å²) in [6.07, 6.45) is 2.68. The van der Waals surface area contributed by atoms with Gasteiger partial charge in [0, 0.05) is 0 Å². The molecule has 0 saturated heterocycles. The summed E-state index contributed by atoms with van der Waals surface area (Å²) in [4.78, 5) is 10.8. The van der Waals surface area contributed by atoms with E-state index in [1.165, 1.54) is 12.5 Å². The van der Waals surface area contributed by atoms with Crippen LogP contribution in [0.25, 0.3) is 0 Å². The van der Waals surface area contributed by atoms with E-state index in [2.05, 4.69) is 31.9 Å². The molecule has 4 heteroatoms. The van der Waals surface area contributed by atoms with Gasteiger partial charge in [0.15, 0.2) is 0 Å². The fraction of sp³-hybridized carbons (Fsp3) is 0. The van der Waals surface area contributed by atoms with Gasteiger partial charge in [-0.25, -0.2) is 0 Å². The second-order valence-electron chi connectivity index (χ2n) is 1.40. The van der Waals surface area contributed by atoms with Crippen LogP contribution < -0.4 is 5.43 Å². The van der Waals surface area contributed by atoms with Crippen molar-refractivity contribution in [3.05, 3.63) is 31.7 Å². The van der Waals surface area contributed by atoms with Gasteiger partial charge in [-0.3, -0.25) is 4.79 Å². The van der Waals surface area contributed by atoms with Crippen LogP contribution >= 0.6 is 31.9 Å². The molecule has 0 aliphatic carbocycles. The lowest BCUT2D eigenvalue weighted by molar-refractivity contribution is 0.541. The Morgan fingerprint density at radius 2 is 1.67 bits per heavy atom. The molecule has 0 N–H and O–H groups in total. The van der Waals surface area contributed by atoms with Crippen molar-refractivity contribution in [1.82, 2.24) is 0 Å². The lowest BCUT2D eigenvalue weighted by atomic mass is 10.5. The van der Waals surface area contributed by atoms with Crippen LogP contribution in [0.2, 0.25) is 0 Å². The maximum Gasteiger partial charge on any atom is 0.213 e. The first-order valence-electron chi connectivity index (χ1n) is 2.13. The third kappa shape index (κ3) is 1.43. The third-order valence-electron chi connectivity index (χ3n) is 0.777. The first-order chi connectivity index (χ1) is 4.22. The number of rotatable bonds is 0. The Bertz CT molecular complexity index is 243. The quantitative estimate of drug-likeness (QED) is 0.710. The molecular formula is C5H2Br2O2. The smallest absolute Gasteiger partial charge is 0.213 e. The molecule has 2 nitrogen and oxygen atoms in total. The van der Waals surface area contributed by atoms with Crippen LogP contribution in [0.1, 0.15) is 0 Å². The Hall–Kier alpha value is -0.0900. The molecule has 0 amide bonds. The van der Waals surface area contributed by atoms with Crippen molar-refractivity contribution >= 4 is 31.9 Å². The van der Waals surface area contributed by atoms with E-state index in [-0.39, 0.29) is 5.43 Å². The molecule has 0 fully saturated rings. The van der Waals surface area contributed by atoms with Crippen molar-refractivity contribution < 1.29 is 4.42 Å². The Morgan fingerprint density at radius 1 is 1.22 bits per heavy atom. The largest absolute Gasteiger partial charge is 0.470 e. The van der Waals surface area contributed by atoms with Gasteiger partial charge in [0.1, 0.15) is 21.5 Å². The third-order valence-corrected chi connectivity index (χ3v) is 1.87. The molecule has 0 radical (unpaired) electrons. The molecule has 0 aromatic carbocycles. The standard InChI is InChI=1S/C5H2Br2O2/c6-3-1-9-2-4(7)5(3)8/h1-2H. The molecule has 48 valence electrons. The van der Waals surface area contributed by atoms with Crippen molar-refractivity contribution in [3.8, 4) is 0 Å². The average molecular weight is 254 g/mol. The summed E-state index contributed by atoms with van der Waals surface area (Å²) in [5, 5.41) is 0. The highest BCUT2D eigenvalue weighted by Crippen LogP contribution is 2.08. The lowest BCUT2D eigenvalue weighted by Crippen LogP contribution is -1.99. The molecule has 0 saturated carbocycles. The zero-order chi connectivity index (χ0) is 6.85. The second kappa shape index (κ2) is 2.66. The summed E-state index contributed by atoms with van der Waals surface area (Å²) >= 11 is 6.02. The van der Waals surface area contributed by atoms with Gasteiger partial charge in [0.25, 0.3) is 0 Å². The highest BCUT2D eigenvalue weighted by atomic mass is 79.9. The summed E-state index contributed by atoms with van der Waals surface area (Å²) < 4.78 is 5.58. The second-order valence-corrected chi connectivity index (χ2v) is 3.11.